The lowest BCUT2D eigenvalue weighted by Gasteiger charge is -2.21. The summed E-state index contributed by atoms with van der Waals surface area (Å²) in [6, 6.07) is 3.36. The monoisotopic (exact) mass is 280 g/mol. The van der Waals surface area contributed by atoms with E-state index in [1.165, 1.54) is 12.1 Å². The standard InChI is InChI=1S/C13H17FN4O2/c14-8-3-4-10(9(15)6-8)17-12(19)7-18-5-1-2-11(18)13(16)20/h3-4,6,11H,1-2,5,7,15H2,(H2,16,20)(H,17,19). The summed E-state index contributed by atoms with van der Waals surface area (Å²) in [4.78, 5) is 24.9. The lowest BCUT2D eigenvalue weighted by atomic mass is 10.2. The second kappa shape index (κ2) is 5.87. The Labute approximate surface area is 115 Å². The van der Waals surface area contributed by atoms with Crippen molar-refractivity contribution >= 4 is 23.2 Å². The fourth-order valence-corrected chi connectivity index (χ4v) is 2.36. The molecule has 1 unspecified atom stereocenters. The Morgan fingerprint density at radius 2 is 2.20 bits per heavy atom. The third-order valence-corrected chi connectivity index (χ3v) is 3.33. The van der Waals surface area contributed by atoms with Crippen molar-refractivity contribution in [2.24, 2.45) is 5.73 Å². The number of nitrogens with one attached hydrogen (secondary N) is 1. The van der Waals surface area contributed by atoms with E-state index in [0.29, 0.717) is 18.7 Å². The summed E-state index contributed by atoms with van der Waals surface area (Å²) < 4.78 is 12.9. The van der Waals surface area contributed by atoms with Gasteiger partial charge in [-0.05, 0) is 37.6 Å². The molecule has 0 aliphatic carbocycles. The molecule has 1 aromatic rings. The Balaban J connectivity index is 1.97. The minimum atomic E-state index is -0.464. The SMILES string of the molecule is NC(=O)C1CCCN1CC(=O)Nc1ccc(F)cc1N. The molecule has 20 heavy (non-hydrogen) atoms. The topological polar surface area (TPSA) is 101 Å². The van der Waals surface area contributed by atoms with E-state index in [9.17, 15) is 14.0 Å². The van der Waals surface area contributed by atoms with Crippen LogP contribution in [-0.2, 0) is 9.59 Å². The fourth-order valence-electron chi connectivity index (χ4n) is 2.36. The summed E-state index contributed by atoms with van der Waals surface area (Å²) in [7, 11) is 0. The van der Waals surface area contributed by atoms with Gasteiger partial charge in [0, 0.05) is 0 Å². The Morgan fingerprint density at radius 3 is 2.85 bits per heavy atom. The second-order valence-electron chi connectivity index (χ2n) is 4.81. The summed E-state index contributed by atoms with van der Waals surface area (Å²) in [5.41, 5.74) is 11.4. The highest BCUT2D eigenvalue weighted by Crippen LogP contribution is 2.20. The number of hydrogen-bond acceptors (Lipinski definition) is 4. The number of carbonyl (C=O) groups excluding carboxylic acids is 2. The molecule has 0 bridgehead atoms. The van der Waals surface area contributed by atoms with Gasteiger partial charge in [0.1, 0.15) is 5.82 Å². The molecule has 2 rings (SSSR count). The van der Waals surface area contributed by atoms with Gasteiger partial charge in [-0.3, -0.25) is 14.5 Å². The van der Waals surface area contributed by atoms with Crippen LogP contribution < -0.4 is 16.8 Å². The van der Waals surface area contributed by atoms with Gasteiger partial charge in [-0.2, -0.15) is 0 Å². The molecule has 1 aromatic carbocycles. The lowest BCUT2D eigenvalue weighted by molar-refractivity contribution is -0.123. The predicted molar refractivity (Wildman–Crippen MR) is 73.2 cm³/mol. The van der Waals surface area contributed by atoms with Gasteiger partial charge >= 0.3 is 0 Å². The van der Waals surface area contributed by atoms with Gasteiger partial charge in [0.25, 0.3) is 0 Å². The van der Waals surface area contributed by atoms with Crippen LogP contribution >= 0.6 is 0 Å². The third-order valence-electron chi connectivity index (χ3n) is 3.33. The van der Waals surface area contributed by atoms with Crippen molar-refractivity contribution in [1.29, 1.82) is 0 Å². The number of carbonyl (C=O) groups is 2. The van der Waals surface area contributed by atoms with Crippen molar-refractivity contribution in [3.63, 3.8) is 0 Å². The molecule has 1 atom stereocenters. The molecule has 1 heterocycles. The highest BCUT2D eigenvalue weighted by atomic mass is 19.1. The quantitative estimate of drug-likeness (QED) is 0.690. The average molecular weight is 280 g/mol. The highest BCUT2D eigenvalue weighted by molar-refractivity contribution is 5.95. The summed E-state index contributed by atoms with van der Waals surface area (Å²) >= 11 is 0. The van der Waals surface area contributed by atoms with Crippen LogP contribution in [0.4, 0.5) is 15.8 Å². The first kappa shape index (κ1) is 14.3. The Bertz CT molecular complexity index is 535. The van der Waals surface area contributed by atoms with Crippen LogP contribution in [-0.4, -0.2) is 35.8 Å². The van der Waals surface area contributed by atoms with E-state index in [1.54, 1.807) is 4.90 Å². The molecule has 1 aliphatic rings. The number of nitrogens with two attached hydrogens (primary N) is 2. The third kappa shape index (κ3) is 3.24. The van der Waals surface area contributed by atoms with E-state index in [1.807, 2.05) is 0 Å². The van der Waals surface area contributed by atoms with Crippen molar-refractivity contribution in [1.82, 2.24) is 4.90 Å². The summed E-state index contributed by atoms with van der Waals surface area (Å²) in [5, 5.41) is 2.60. The van der Waals surface area contributed by atoms with E-state index >= 15 is 0 Å². The Hall–Kier alpha value is -2.15. The van der Waals surface area contributed by atoms with Crippen LogP contribution in [0.15, 0.2) is 18.2 Å². The van der Waals surface area contributed by atoms with Crippen molar-refractivity contribution in [3.8, 4) is 0 Å². The maximum atomic E-state index is 12.9. The average Bonchev–Trinajstić information content (AvgIpc) is 2.81. The molecule has 2 amide bonds. The smallest absolute Gasteiger partial charge is 0.238 e. The number of nitrogens with zero attached hydrogens (tertiary/aromatic N) is 1. The summed E-state index contributed by atoms with van der Waals surface area (Å²) in [5.74, 6) is -1.19. The molecule has 0 spiro atoms. The van der Waals surface area contributed by atoms with E-state index in [4.69, 9.17) is 11.5 Å². The number of hydrogen-bond donors (Lipinski definition) is 3. The van der Waals surface area contributed by atoms with Gasteiger partial charge < -0.3 is 16.8 Å². The first-order chi connectivity index (χ1) is 9.47. The van der Waals surface area contributed by atoms with Gasteiger partial charge in [0.2, 0.25) is 11.8 Å². The highest BCUT2D eigenvalue weighted by Gasteiger charge is 2.30. The number of amides is 2. The molecule has 5 N–H and O–H groups in total. The Morgan fingerprint density at radius 1 is 1.45 bits per heavy atom. The number of anilines is 2. The van der Waals surface area contributed by atoms with Gasteiger partial charge in [-0.1, -0.05) is 0 Å². The normalized spacial score (nSPS) is 18.9. The molecule has 1 saturated heterocycles. The van der Waals surface area contributed by atoms with Crippen LogP contribution in [0, 0.1) is 5.82 Å². The maximum Gasteiger partial charge on any atom is 0.238 e. The van der Waals surface area contributed by atoms with Crippen LogP contribution in [0.1, 0.15) is 12.8 Å². The largest absolute Gasteiger partial charge is 0.397 e. The van der Waals surface area contributed by atoms with Gasteiger partial charge in [-0.25, -0.2) is 4.39 Å². The van der Waals surface area contributed by atoms with E-state index < -0.39 is 17.8 Å². The second-order valence-corrected chi connectivity index (χ2v) is 4.81. The van der Waals surface area contributed by atoms with Gasteiger partial charge in [0.15, 0.2) is 0 Å². The first-order valence-corrected chi connectivity index (χ1v) is 6.35. The van der Waals surface area contributed by atoms with Gasteiger partial charge in [-0.15, -0.1) is 0 Å². The number of likely N-dealkylation sites (tertiary alicyclic amines) is 1. The Kier molecular flexibility index (Phi) is 4.19. The predicted octanol–water partition coefficient (Wildman–Crippen LogP) is 0.296. The molecule has 0 radical (unpaired) electrons. The molecule has 1 aliphatic heterocycles. The van der Waals surface area contributed by atoms with E-state index in [0.717, 1.165) is 12.5 Å². The van der Waals surface area contributed by atoms with Crippen molar-refractivity contribution in [3.05, 3.63) is 24.0 Å². The molecular weight excluding hydrogens is 263 g/mol. The molecule has 108 valence electrons. The molecule has 0 aromatic heterocycles. The molecule has 0 saturated carbocycles. The number of halogens is 1. The zero-order valence-electron chi connectivity index (χ0n) is 10.9. The molecule has 7 heteroatoms. The first-order valence-electron chi connectivity index (χ1n) is 6.35. The van der Waals surface area contributed by atoms with Crippen LogP contribution in [0.2, 0.25) is 0 Å². The fraction of sp³-hybridized carbons (Fsp3) is 0.385. The minimum Gasteiger partial charge on any atom is -0.397 e. The van der Waals surface area contributed by atoms with Crippen LogP contribution in [0.25, 0.3) is 0 Å². The van der Waals surface area contributed by atoms with E-state index in [-0.39, 0.29) is 18.1 Å². The molecular formula is C13H17FN4O2. The minimum absolute atomic E-state index is 0.0599. The van der Waals surface area contributed by atoms with Crippen molar-refractivity contribution in [2.45, 2.75) is 18.9 Å². The van der Waals surface area contributed by atoms with Crippen LogP contribution in [0.5, 0.6) is 0 Å². The zero-order valence-corrected chi connectivity index (χ0v) is 10.9. The molecule has 6 nitrogen and oxygen atoms in total. The van der Waals surface area contributed by atoms with E-state index in [2.05, 4.69) is 5.32 Å². The molecule has 1 fully saturated rings. The summed E-state index contributed by atoms with van der Waals surface area (Å²) in [6.07, 6.45) is 1.50. The maximum absolute atomic E-state index is 12.9. The number of nitrogen functional groups attached to an aromatic ring is 1. The van der Waals surface area contributed by atoms with Crippen molar-refractivity contribution in [2.75, 3.05) is 24.1 Å². The number of primary amides is 1. The number of benzene rings is 1. The summed E-state index contributed by atoms with van der Waals surface area (Å²) in [6.45, 7) is 0.713. The van der Waals surface area contributed by atoms with Gasteiger partial charge in [0.05, 0.1) is 24.0 Å². The number of rotatable bonds is 4. The zero-order chi connectivity index (χ0) is 14.7. The van der Waals surface area contributed by atoms with Crippen LogP contribution in [0.3, 0.4) is 0 Å². The van der Waals surface area contributed by atoms with Crippen molar-refractivity contribution < 1.29 is 14.0 Å². The lowest BCUT2D eigenvalue weighted by Crippen LogP contribution is -2.43.